The van der Waals surface area contributed by atoms with Crippen LogP contribution in [0.5, 0.6) is 0 Å². The van der Waals surface area contributed by atoms with Crippen LogP contribution in [0, 0.1) is 5.92 Å². The predicted octanol–water partition coefficient (Wildman–Crippen LogP) is -2.49. The standard InChI is InChI=1S/C17H34N2O8/c1-4-8-9(6-20)25-17(12(13(8)22)19-5-2)27-15-10(7-21)26-16(24-3)11(18)14(15)23/h8-17,19-23H,4-7,18H2,1-3H3/t8-,9?,10-,11?,12?,13+,14?,15-,16-,17+/m0/s1. The lowest BCUT2D eigenvalue weighted by molar-refractivity contribution is -0.325. The number of aliphatic hydroxyl groups is 4. The first kappa shape index (κ1) is 22.9. The van der Waals surface area contributed by atoms with Crippen molar-refractivity contribution in [1.82, 2.24) is 5.32 Å². The average Bonchev–Trinajstić information content (AvgIpc) is 2.68. The minimum Gasteiger partial charge on any atom is -0.394 e. The Morgan fingerprint density at radius 2 is 1.63 bits per heavy atom. The fraction of sp³-hybridized carbons (Fsp3) is 1.00. The first-order valence-electron chi connectivity index (χ1n) is 9.49. The van der Waals surface area contributed by atoms with Gasteiger partial charge in [-0.3, -0.25) is 0 Å². The zero-order chi connectivity index (χ0) is 20.1. The van der Waals surface area contributed by atoms with Gasteiger partial charge in [0.05, 0.1) is 37.5 Å². The third-order valence-corrected chi connectivity index (χ3v) is 5.40. The molecule has 0 spiro atoms. The molecular formula is C17H34N2O8. The summed E-state index contributed by atoms with van der Waals surface area (Å²) in [7, 11) is 1.39. The molecule has 2 aliphatic heterocycles. The number of methoxy groups -OCH3 is 1. The molecule has 7 N–H and O–H groups in total. The van der Waals surface area contributed by atoms with Crippen LogP contribution < -0.4 is 11.1 Å². The summed E-state index contributed by atoms with van der Waals surface area (Å²) < 4.78 is 22.5. The van der Waals surface area contributed by atoms with E-state index in [0.29, 0.717) is 13.0 Å². The number of hydrogen-bond donors (Lipinski definition) is 6. The molecule has 0 aromatic carbocycles. The van der Waals surface area contributed by atoms with Crippen molar-refractivity contribution < 1.29 is 39.4 Å². The van der Waals surface area contributed by atoms with Gasteiger partial charge in [0, 0.05) is 13.0 Å². The molecular weight excluding hydrogens is 360 g/mol. The molecule has 2 saturated heterocycles. The molecule has 0 bridgehead atoms. The van der Waals surface area contributed by atoms with Crippen LogP contribution in [-0.2, 0) is 18.9 Å². The quantitative estimate of drug-likeness (QED) is 0.260. The number of aliphatic hydroxyl groups excluding tert-OH is 4. The van der Waals surface area contributed by atoms with E-state index in [-0.39, 0.29) is 12.5 Å². The van der Waals surface area contributed by atoms with E-state index in [9.17, 15) is 20.4 Å². The van der Waals surface area contributed by atoms with Crippen LogP contribution in [0.15, 0.2) is 0 Å². The maximum atomic E-state index is 10.8. The summed E-state index contributed by atoms with van der Waals surface area (Å²) in [5.41, 5.74) is 5.96. The molecule has 2 rings (SSSR count). The van der Waals surface area contributed by atoms with Crippen molar-refractivity contribution in [1.29, 1.82) is 0 Å². The summed E-state index contributed by atoms with van der Waals surface area (Å²) in [6.45, 7) is 3.66. The smallest absolute Gasteiger partial charge is 0.176 e. The van der Waals surface area contributed by atoms with Gasteiger partial charge in [-0.25, -0.2) is 0 Å². The Morgan fingerprint density at radius 3 is 2.15 bits per heavy atom. The van der Waals surface area contributed by atoms with Crippen molar-refractivity contribution in [2.75, 3.05) is 26.9 Å². The van der Waals surface area contributed by atoms with Gasteiger partial charge in [0.2, 0.25) is 0 Å². The molecule has 2 heterocycles. The van der Waals surface area contributed by atoms with Gasteiger partial charge in [-0.15, -0.1) is 0 Å². The molecule has 10 atom stereocenters. The Hall–Kier alpha value is -0.400. The third kappa shape index (κ3) is 4.78. The molecule has 10 heteroatoms. The zero-order valence-electron chi connectivity index (χ0n) is 16.1. The van der Waals surface area contributed by atoms with Gasteiger partial charge in [-0.05, 0) is 13.0 Å². The topological polar surface area (TPSA) is 156 Å². The lowest BCUT2D eigenvalue weighted by Gasteiger charge is -2.48. The molecule has 0 radical (unpaired) electrons. The van der Waals surface area contributed by atoms with Crippen LogP contribution in [-0.4, -0.2) is 102 Å². The molecule has 4 unspecified atom stereocenters. The van der Waals surface area contributed by atoms with Crippen LogP contribution in [0.3, 0.4) is 0 Å². The van der Waals surface area contributed by atoms with Crippen LogP contribution in [0.1, 0.15) is 20.3 Å². The lowest BCUT2D eigenvalue weighted by atomic mass is 9.85. The van der Waals surface area contributed by atoms with Gasteiger partial charge < -0.3 is 50.4 Å². The summed E-state index contributed by atoms with van der Waals surface area (Å²) in [5.74, 6) is -0.264. The highest BCUT2D eigenvalue weighted by molar-refractivity contribution is 4.96. The molecule has 2 fully saturated rings. The first-order valence-corrected chi connectivity index (χ1v) is 9.49. The Bertz CT molecular complexity index is 443. The van der Waals surface area contributed by atoms with Crippen LogP contribution >= 0.6 is 0 Å². The monoisotopic (exact) mass is 394 g/mol. The van der Waals surface area contributed by atoms with E-state index >= 15 is 0 Å². The van der Waals surface area contributed by atoms with Gasteiger partial charge in [0.25, 0.3) is 0 Å². The minimum atomic E-state index is -1.18. The Labute approximate surface area is 159 Å². The van der Waals surface area contributed by atoms with Crippen molar-refractivity contribution in [2.45, 2.75) is 75.5 Å². The third-order valence-electron chi connectivity index (χ3n) is 5.40. The Kier molecular flexibility index (Phi) is 8.81. The molecule has 27 heavy (non-hydrogen) atoms. The fourth-order valence-corrected chi connectivity index (χ4v) is 3.88. The van der Waals surface area contributed by atoms with E-state index < -0.39 is 61.8 Å². The Morgan fingerprint density at radius 1 is 1.00 bits per heavy atom. The molecule has 0 aliphatic carbocycles. The van der Waals surface area contributed by atoms with Gasteiger partial charge in [-0.1, -0.05) is 13.8 Å². The van der Waals surface area contributed by atoms with Crippen molar-refractivity contribution >= 4 is 0 Å². The van der Waals surface area contributed by atoms with Crippen LogP contribution in [0.4, 0.5) is 0 Å². The SMILES string of the molecule is CCNC1[C@@H](O[C@@H]2C(O)C(N)[C@@H](OC)O[C@H]2CO)OC(CO)[C@H](CC)[C@H]1O. The van der Waals surface area contributed by atoms with Crippen molar-refractivity contribution in [3.63, 3.8) is 0 Å². The average molecular weight is 394 g/mol. The van der Waals surface area contributed by atoms with E-state index in [2.05, 4.69) is 5.32 Å². The summed E-state index contributed by atoms with van der Waals surface area (Å²) in [4.78, 5) is 0. The number of likely N-dealkylation sites (N-methyl/N-ethyl adjacent to an activating group) is 1. The normalized spacial score (nSPS) is 45.8. The molecule has 0 aromatic rings. The lowest BCUT2D eigenvalue weighted by Crippen LogP contribution is -2.67. The van der Waals surface area contributed by atoms with E-state index in [1.807, 2.05) is 13.8 Å². The van der Waals surface area contributed by atoms with Gasteiger partial charge >= 0.3 is 0 Å². The number of nitrogens with one attached hydrogen (secondary N) is 1. The van der Waals surface area contributed by atoms with Crippen molar-refractivity contribution in [2.24, 2.45) is 11.7 Å². The molecule has 0 amide bonds. The number of rotatable bonds is 8. The Balaban J connectivity index is 2.20. The second-order valence-corrected chi connectivity index (χ2v) is 7.00. The van der Waals surface area contributed by atoms with Crippen molar-refractivity contribution in [3.05, 3.63) is 0 Å². The first-order chi connectivity index (χ1) is 12.9. The maximum absolute atomic E-state index is 10.8. The predicted molar refractivity (Wildman–Crippen MR) is 94.6 cm³/mol. The zero-order valence-corrected chi connectivity index (χ0v) is 16.1. The highest BCUT2D eigenvalue weighted by atomic mass is 16.7. The highest BCUT2D eigenvalue weighted by Crippen LogP contribution is 2.32. The van der Waals surface area contributed by atoms with E-state index in [4.69, 9.17) is 24.7 Å². The fourth-order valence-electron chi connectivity index (χ4n) is 3.88. The van der Waals surface area contributed by atoms with E-state index in [1.165, 1.54) is 7.11 Å². The molecule has 0 saturated carbocycles. The second kappa shape index (κ2) is 10.4. The molecule has 160 valence electrons. The molecule has 10 nitrogen and oxygen atoms in total. The number of nitrogens with two attached hydrogens (primary N) is 1. The summed E-state index contributed by atoms with van der Waals surface area (Å²) in [5, 5.41) is 43.8. The van der Waals surface area contributed by atoms with Gasteiger partial charge in [0.1, 0.15) is 18.3 Å². The molecule has 2 aliphatic rings. The van der Waals surface area contributed by atoms with E-state index in [0.717, 1.165) is 0 Å². The van der Waals surface area contributed by atoms with Crippen LogP contribution in [0.2, 0.25) is 0 Å². The van der Waals surface area contributed by atoms with E-state index in [1.54, 1.807) is 0 Å². The number of ether oxygens (including phenoxy) is 4. The van der Waals surface area contributed by atoms with Gasteiger partial charge in [0.15, 0.2) is 12.6 Å². The maximum Gasteiger partial charge on any atom is 0.176 e. The summed E-state index contributed by atoms with van der Waals surface area (Å²) in [6, 6.07) is -1.46. The number of hydrogen-bond acceptors (Lipinski definition) is 10. The van der Waals surface area contributed by atoms with Gasteiger partial charge in [-0.2, -0.15) is 0 Å². The summed E-state index contributed by atoms with van der Waals surface area (Å²) in [6.07, 6.45) is -5.72. The summed E-state index contributed by atoms with van der Waals surface area (Å²) >= 11 is 0. The molecule has 0 aromatic heterocycles. The second-order valence-electron chi connectivity index (χ2n) is 7.00. The largest absolute Gasteiger partial charge is 0.394 e. The van der Waals surface area contributed by atoms with Crippen molar-refractivity contribution in [3.8, 4) is 0 Å². The van der Waals surface area contributed by atoms with Crippen LogP contribution in [0.25, 0.3) is 0 Å². The minimum absolute atomic E-state index is 0.264. The highest BCUT2D eigenvalue weighted by Gasteiger charge is 2.50.